The molecule has 21 heavy (non-hydrogen) atoms. The van der Waals surface area contributed by atoms with E-state index in [0.29, 0.717) is 18.8 Å². The van der Waals surface area contributed by atoms with Crippen molar-refractivity contribution in [2.24, 2.45) is 11.1 Å². The van der Waals surface area contributed by atoms with Crippen LogP contribution in [-0.4, -0.2) is 41.1 Å². The zero-order chi connectivity index (χ0) is 15.5. The normalized spacial score (nSPS) is 11.4. The van der Waals surface area contributed by atoms with Gasteiger partial charge in [0.25, 0.3) is 5.91 Å². The number of nitrogens with two attached hydrogens (primary N) is 1. The smallest absolute Gasteiger partial charge is 0.271 e. The van der Waals surface area contributed by atoms with Gasteiger partial charge in [0.2, 0.25) is 0 Å². The van der Waals surface area contributed by atoms with E-state index < -0.39 is 0 Å². The summed E-state index contributed by atoms with van der Waals surface area (Å²) in [4.78, 5) is 14.1. The van der Waals surface area contributed by atoms with Crippen molar-refractivity contribution >= 4 is 5.91 Å². The van der Waals surface area contributed by atoms with E-state index in [1.54, 1.807) is 18.0 Å². The third kappa shape index (κ3) is 3.70. The van der Waals surface area contributed by atoms with Crippen LogP contribution in [0.15, 0.2) is 36.4 Å². The molecule has 1 amide bonds. The van der Waals surface area contributed by atoms with Crippen LogP contribution in [0.4, 0.5) is 0 Å². The maximum atomic E-state index is 12.4. The van der Waals surface area contributed by atoms with Crippen molar-refractivity contribution in [3.8, 4) is 11.3 Å². The summed E-state index contributed by atoms with van der Waals surface area (Å²) in [6.07, 6.45) is 0. The third-order valence-electron chi connectivity index (χ3n) is 3.44. The van der Waals surface area contributed by atoms with Gasteiger partial charge in [0.1, 0.15) is 5.69 Å². The van der Waals surface area contributed by atoms with Gasteiger partial charge < -0.3 is 10.6 Å². The predicted molar refractivity (Wildman–Crippen MR) is 83.8 cm³/mol. The topological polar surface area (TPSA) is 75.0 Å². The summed E-state index contributed by atoms with van der Waals surface area (Å²) in [5.74, 6) is -0.0776. The highest BCUT2D eigenvalue weighted by molar-refractivity contribution is 5.93. The van der Waals surface area contributed by atoms with Gasteiger partial charge in [0.05, 0.1) is 5.69 Å². The summed E-state index contributed by atoms with van der Waals surface area (Å²) >= 11 is 0. The minimum absolute atomic E-state index is 0.0776. The second-order valence-electron chi connectivity index (χ2n) is 6.06. The number of carbonyl (C=O) groups is 1. The number of carbonyl (C=O) groups excluding carboxylic acids is 1. The SMILES string of the molecule is CN(CC(C)(C)CN)C(=O)c1cc(-c2ccccc2)n[nH]1. The molecule has 112 valence electrons. The van der Waals surface area contributed by atoms with E-state index in [1.165, 1.54) is 0 Å². The molecule has 1 heterocycles. The molecule has 1 aromatic carbocycles. The minimum atomic E-state index is -0.104. The monoisotopic (exact) mass is 286 g/mol. The van der Waals surface area contributed by atoms with Crippen molar-refractivity contribution < 1.29 is 4.79 Å². The fraction of sp³-hybridized carbons (Fsp3) is 0.375. The number of nitrogens with one attached hydrogen (secondary N) is 1. The van der Waals surface area contributed by atoms with Gasteiger partial charge in [0, 0.05) is 19.2 Å². The van der Waals surface area contributed by atoms with Crippen LogP contribution in [0, 0.1) is 5.41 Å². The van der Waals surface area contributed by atoms with E-state index in [0.717, 1.165) is 11.3 Å². The molecule has 0 saturated heterocycles. The van der Waals surface area contributed by atoms with Crippen molar-refractivity contribution in [1.82, 2.24) is 15.1 Å². The Morgan fingerprint density at radius 2 is 2.00 bits per heavy atom. The molecule has 0 aliphatic rings. The van der Waals surface area contributed by atoms with E-state index in [-0.39, 0.29) is 11.3 Å². The minimum Gasteiger partial charge on any atom is -0.340 e. The molecule has 1 aromatic heterocycles. The van der Waals surface area contributed by atoms with Crippen LogP contribution in [0.2, 0.25) is 0 Å². The van der Waals surface area contributed by atoms with Gasteiger partial charge >= 0.3 is 0 Å². The lowest BCUT2D eigenvalue weighted by atomic mass is 9.93. The quantitative estimate of drug-likeness (QED) is 0.884. The van der Waals surface area contributed by atoms with Crippen LogP contribution >= 0.6 is 0 Å². The Labute approximate surface area is 125 Å². The summed E-state index contributed by atoms with van der Waals surface area (Å²) < 4.78 is 0. The van der Waals surface area contributed by atoms with Gasteiger partial charge in [-0.1, -0.05) is 44.2 Å². The van der Waals surface area contributed by atoms with E-state index in [4.69, 9.17) is 5.73 Å². The fourth-order valence-electron chi connectivity index (χ4n) is 2.17. The molecule has 0 unspecified atom stereocenters. The Hall–Kier alpha value is -2.14. The van der Waals surface area contributed by atoms with Crippen LogP contribution in [0.5, 0.6) is 0 Å². The number of hydrogen-bond acceptors (Lipinski definition) is 3. The molecule has 5 heteroatoms. The summed E-state index contributed by atoms with van der Waals surface area (Å²) in [7, 11) is 1.78. The summed E-state index contributed by atoms with van der Waals surface area (Å²) in [5.41, 5.74) is 7.85. The molecule has 0 atom stereocenters. The number of aromatic nitrogens is 2. The van der Waals surface area contributed by atoms with Crippen LogP contribution in [0.25, 0.3) is 11.3 Å². The highest BCUT2D eigenvalue weighted by Gasteiger charge is 2.23. The maximum Gasteiger partial charge on any atom is 0.271 e. The van der Waals surface area contributed by atoms with Gasteiger partial charge in [-0.2, -0.15) is 5.10 Å². The first-order valence-electron chi connectivity index (χ1n) is 6.99. The predicted octanol–water partition coefficient (Wildman–Crippen LogP) is 2.13. The van der Waals surface area contributed by atoms with Crippen LogP contribution < -0.4 is 5.73 Å². The molecule has 0 aliphatic heterocycles. The molecule has 0 fully saturated rings. The number of benzene rings is 1. The zero-order valence-electron chi connectivity index (χ0n) is 12.8. The standard InChI is InChI=1S/C16H22N4O/c1-16(2,10-17)11-20(3)15(21)14-9-13(18-19-14)12-7-5-4-6-8-12/h4-9H,10-11,17H2,1-3H3,(H,18,19). The Morgan fingerprint density at radius 3 is 2.62 bits per heavy atom. The Kier molecular flexibility index (Phi) is 4.43. The molecule has 3 N–H and O–H groups in total. The summed E-state index contributed by atoms with van der Waals surface area (Å²) in [5, 5.41) is 7.03. The number of nitrogens with zero attached hydrogens (tertiary/aromatic N) is 2. The van der Waals surface area contributed by atoms with Crippen molar-refractivity contribution in [3.63, 3.8) is 0 Å². The fourth-order valence-corrected chi connectivity index (χ4v) is 2.17. The van der Waals surface area contributed by atoms with Gasteiger partial charge in [-0.3, -0.25) is 9.89 Å². The molecule has 0 aliphatic carbocycles. The van der Waals surface area contributed by atoms with Crippen molar-refractivity contribution in [1.29, 1.82) is 0 Å². The van der Waals surface area contributed by atoms with E-state index in [1.807, 2.05) is 44.2 Å². The first-order chi connectivity index (χ1) is 9.93. The van der Waals surface area contributed by atoms with E-state index in [9.17, 15) is 4.79 Å². The highest BCUT2D eigenvalue weighted by Crippen LogP contribution is 2.19. The molecule has 2 rings (SSSR count). The first kappa shape index (κ1) is 15.3. The lowest BCUT2D eigenvalue weighted by Gasteiger charge is -2.28. The molecule has 0 saturated carbocycles. The largest absolute Gasteiger partial charge is 0.340 e. The molecular weight excluding hydrogens is 264 g/mol. The van der Waals surface area contributed by atoms with E-state index in [2.05, 4.69) is 10.2 Å². The van der Waals surface area contributed by atoms with Gasteiger partial charge in [0.15, 0.2) is 0 Å². The van der Waals surface area contributed by atoms with Crippen molar-refractivity contribution in [3.05, 3.63) is 42.1 Å². The van der Waals surface area contributed by atoms with Gasteiger partial charge in [-0.25, -0.2) is 0 Å². The lowest BCUT2D eigenvalue weighted by Crippen LogP contribution is -2.39. The molecule has 5 nitrogen and oxygen atoms in total. The second-order valence-corrected chi connectivity index (χ2v) is 6.06. The average molecular weight is 286 g/mol. The number of hydrogen-bond donors (Lipinski definition) is 2. The highest BCUT2D eigenvalue weighted by atomic mass is 16.2. The summed E-state index contributed by atoms with van der Waals surface area (Å²) in [6.45, 7) is 5.21. The van der Waals surface area contributed by atoms with Crippen LogP contribution in [0.3, 0.4) is 0 Å². The first-order valence-corrected chi connectivity index (χ1v) is 6.99. The van der Waals surface area contributed by atoms with Crippen molar-refractivity contribution in [2.75, 3.05) is 20.1 Å². The average Bonchev–Trinajstić information content (AvgIpc) is 2.96. The number of rotatable bonds is 5. The van der Waals surface area contributed by atoms with Crippen LogP contribution in [0.1, 0.15) is 24.3 Å². The number of aromatic amines is 1. The zero-order valence-corrected chi connectivity index (χ0v) is 12.8. The van der Waals surface area contributed by atoms with Gasteiger partial charge in [-0.05, 0) is 18.0 Å². The van der Waals surface area contributed by atoms with Crippen molar-refractivity contribution in [2.45, 2.75) is 13.8 Å². The Balaban J connectivity index is 2.12. The third-order valence-corrected chi connectivity index (χ3v) is 3.44. The Bertz CT molecular complexity index is 604. The molecule has 0 spiro atoms. The van der Waals surface area contributed by atoms with Crippen LogP contribution in [-0.2, 0) is 0 Å². The number of H-pyrrole nitrogens is 1. The molecule has 0 bridgehead atoms. The number of amides is 1. The maximum absolute atomic E-state index is 12.4. The van der Waals surface area contributed by atoms with Gasteiger partial charge in [-0.15, -0.1) is 0 Å². The molecule has 2 aromatic rings. The Morgan fingerprint density at radius 1 is 1.33 bits per heavy atom. The second kappa shape index (κ2) is 6.10. The molecule has 0 radical (unpaired) electrons. The molecular formula is C16H22N4O. The lowest BCUT2D eigenvalue weighted by molar-refractivity contribution is 0.0734. The van der Waals surface area contributed by atoms with E-state index >= 15 is 0 Å². The summed E-state index contributed by atoms with van der Waals surface area (Å²) in [6, 6.07) is 11.6.